The molecule has 2 heteroatoms. The molecular weight excluding hydrogens is 222 g/mol. The molecule has 2 rings (SSSR count). The Kier molecular flexibility index (Phi) is 5.23. The summed E-state index contributed by atoms with van der Waals surface area (Å²) in [6.07, 6.45) is 10.8. The highest BCUT2D eigenvalue weighted by Crippen LogP contribution is 2.33. The molecule has 0 aromatic rings. The molecule has 2 fully saturated rings. The number of nitrogens with zero attached hydrogens (tertiary/aromatic N) is 1. The minimum atomic E-state index is 0.361. The number of carbonyl (C=O) groups is 1. The predicted octanol–water partition coefficient (Wildman–Crippen LogP) is 3.79. The third-order valence-electron chi connectivity index (χ3n) is 5.07. The molecule has 0 aromatic carbocycles. The van der Waals surface area contributed by atoms with Crippen LogP contribution in [-0.4, -0.2) is 29.3 Å². The number of piperidine rings is 1. The van der Waals surface area contributed by atoms with Gasteiger partial charge in [0.2, 0.25) is 0 Å². The second-order valence-corrected chi connectivity index (χ2v) is 6.09. The van der Waals surface area contributed by atoms with Gasteiger partial charge in [0, 0.05) is 24.4 Å². The van der Waals surface area contributed by atoms with Gasteiger partial charge in [-0.2, -0.15) is 0 Å². The van der Waals surface area contributed by atoms with Crippen molar-refractivity contribution < 1.29 is 4.79 Å². The molecule has 1 saturated heterocycles. The lowest BCUT2D eigenvalue weighted by atomic mass is 9.78. The molecule has 1 saturated carbocycles. The first kappa shape index (κ1) is 14.0. The Labute approximate surface area is 112 Å². The van der Waals surface area contributed by atoms with Gasteiger partial charge in [0.1, 0.15) is 5.78 Å². The molecule has 0 aromatic heterocycles. The summed E-state index contributed by atoms with van der Waals surface area (Å²) >= 11 is 0. The number of rotatable bonds is 4. The minimum Gasteiger partial charge on any atom is -0.299 e. The van der Waals surface area contributed by atoms with Gasteiger partial charge in [-0.05, 0) is 45.1 Å². The largest absolute Gasteiger partial charge is 0.299 e. The molecule has 2 unspecified atom stereocenters. The predicted molar refractivity (Wildman–Crippen MR) is 75.7 cm³/mol. The van der Waals surface area contributed by atoms with Gasteiger partial charge in [-0.25, -0.2) is 0 Å². The number of ketones is 1. The van der Waals surface area contributed by atoms with Gasteiger partial charge in [-0.15, -0.1) is 0 Å². The number of likely N-dealkylation sites (tertiary alicyclic amines) is 1. The zero-order valence-electron chi connectivity index (χ0n) is 12.2. The fraction of sp³-hybridized carbons (Fsp3) is 0.938. The van der Waals surface area contributed by atoms with Crippen LogP contribution in [0.2, 0.25) is 0 Å². The highest BCUT2D eigenvalue weighted by molar-refractivity contribution is 5.82. The van der Waals surface area contributed by atoms with Crippen molar-refractivity contribution in [2.24, 2.45) is 5.92 Å². The van der Waals surface area contributed by atoms with E-state index in [0.29, 0.717) is 23.8 Å². The van der Waals surface area contributed by atoms with Crippen molar-refractivity contribution >= 4 is 5.78 Å². The highest BCUT2D eigenvalue weighted by Gasteiger charge is 2.37. The fourth-order valence-electron chi connectivity index (χ4n) is 4.04. The molecule has 104 valence electrons. The summed E-state index contributed by atoms with van der Waals surface area (Å²) in [5.41, 5.74) is 0. The molecule has 18 heavy (non-hydrogen) atoms. The van der Waals surface area contributed by atoms with Crippen molar-refractivity contribution in [1.29, 1.82) is 0 Å². The summed E-state index contributed by atoms with van der Waals surface area (Å²) in [5, 5.41) is 0. The zero-order chi connectivity index (χ0) is 13.0. The molecule has 1 heterocycles. The van der Waals surface area contributed by atoms with E-state index >= 15 is 0 Å². The zero-order valence-corrected chi connectivity index (χ0v) is 12.2. The standard InChI is InChI=1S/C16H29NO/c1-3-13(4-2)17-12-8-7-10-15(17)14-9-5-6-11-16(14)18/h13-15H,3-12H2,1-2H3. The van der Waals surface area contributed by atoms with Gasteiger partial charge in [0.05, 0.1) is 0 Å². The monoisotopic (exact) mass is 251 g/mol. The van der Waals surface area contributed by atoms with E-state index in [1.807, 2.05) is 0 Å². The van der Waals surface area contributed by atoms with E-state index in [9.17, 15) is 4.79 Å². The van der Waals surface area contributed by atoms with Crippen LogP contribution in [0.4, 0.5) is 0 Å². The average Bonchev–Trinajstić information content (AvgIpc) is 2.41. The van der Waals surface area contributed by atoms with Gasteiger partial charge >= 0.3 is 0 Å². The van der Waals surface area contributed by atoms with Crippen LogP contribution in [0.25, 0.3) is 0 Å². The van der Waals surface area contributed by atoms with Crippen molar-refractivity contribution in [3.8, 4) is 0 Å². The summed E-state index contributed by atoms with van der Waals surface area (Å²) in [7, 11) is 0. The Morgan fingerprint density at radius 2 is 1.83 bits per heavy atom. The molecular formula is C16H29NO. The van der Waals surface area contributed by atoms with Crippen molar-refractivity contribution in [3.05, 3.63) is 0 Å². The van der Waals surface area contributed by atoms with Crippen LogP contribution in [-0.2, 0) is 4.79 Å². The number of carbonyl (C=O) groups excluding carboxylic acids is 1. The normalized spacial score (nSPS) is 30.9. The maximum Gasteiger partial charge on any atom is 0.137 e. The van der Waals surface area contributed by atoms with Crippen molar-refractivity contribution in [3.63, 3.8) is 0 Å². The molecule has 1 aliphatic heterocycles. The maximum absolute atomic E-state index is 12.2. The Morgan fingerprint density at radius 3 is 2.50 bits per heavy atom. The molecule has 0 N–H and O–H groups in total. The van der Waals surface area contributed by atoms with Crippen LogP contribution >= 0.6 is 0 Å². The first-order chi connectivity index (χ1) is 8.77. The van der Waals surface area contributed by atoms with Crippen LogP contribution in [0, 0.1) is 5.92 Å². The van der Waals surface area contributed by atoms with Crippen molar-refractivity contribution in [2.75, 3.05) is 6.54 Å². The third kappa shape index (κ3) is 2.96. The van der Waals surface area contributed by atoms with E-state index in [2.05, 4.69) is 18.7 Å². The summed E-state index contributed by atoms with van der Waals surface area (Å²) in [6, 6.07) is 1.27. The molecule has 0 radical (unpaired) electrons. The van der Waals surface area contributed by atoms with Gasteiger partial charge in [-0.3, -0.25) is 9.69 Å². The Bertz CT molecular complexity index is 272. The number of hydrogen-bond acceptors (Lipinski definition) is 2. The van der Waals surface area contributed by atoms with Gasteiger partial charge in [0.15, 0.2) is 0 Å². The Morgan fingerprint density at radius 1 is 1.11 bits per heavy atom. The number of hydrogen-bond donors (Lipinski definition) is 0. The fourth-order valence-corrected chi connectivity index (χ4v) is 4.04. The van der Waals surface area contributed by atoms with E-state index in [1.165, 1.54) is 45.1 Å². The summed E-state index contributed by atoms with van der Waals surface area (Å²) in [4.78, 5) is 14.9. The van der Waals surface area contributed by atoms with Crippen LogP contribution in [0.5, 0.6) is 0 Å². The Hall–Kier alpha value is -0.370. The van der Waals surface area contributed by atoms with E-state index in [4.69, 9.17) is 0 Å². The van der Waals surface area contributed by atoms with E-state index in [0.717, 1.165) is 19.3 Å². The molecule has 0 spiro atoms. The molecule has 2 atom stereocenters. The van der Waals surface area contributed by atoms with E-state index in [-0.39, 0.29) is 0 Å². The molecule has 0 bridgehead atoms. The Balaban J connectivity index is 2.08. The van der Waals surface area contributed by atoms with Gasteiger partial charge in [-0.1, -0.05) is 26.7 Å². The van der Waals surface area contributed by atoms with Gasteiger partial charge in [0.25, 0.3) is 0 Å². The maximum atomic E-state index is 12.2. The second kappa shape index (κ2) is 6.70. The second-order valence-electron chi connectivity index (χ2n) is 6.09. The first-order valence-corrected chi connectivity index (χ1v) is 8.06. The summed E-state index contributed by atoms with van der Waals surface area (Å²) in [6.45, 7) is 5.81. The topological polar surface area (TPSA) is 20.3 Å². The molecule has 2 nitrogen and oxygen atoms in total. The lowest BCUT2D eigenvalue weighted by Gasteiger charge is -2.45. The lowest BCUT2D eigenvalue weighted by molar-refractivity contribution is -0.128. The minimum absolute atomic E-state index is 0.361. The van der Waals surface area contributed by atoms with Crippen molar-refractivity contribution in [2.45, 2.75) is 83.7 Å². The smallest absolute Gasteiger partial charge is 0.137 e. The third-order valence-corrected chi connectivity index (χ3v) is 5.07. The van der Waals surface area contributed by atoms with Gasteiger partial charge < -0.3 is 0 Å². The van der Waals surface area contributed by atoms with Crippen LogP contribution in [0.3, 0.4) is 0 Å². The molecule has 0 amide bonds. The van der Waals surface area contributed by atoms with Crippen LogP contribution < -0.4 is 0 Å². The van der Waals surface area contributed by atoms with Crippen LogP contribution in [0.15, 0.2) is 0 Å². The average molecular weight is 251 g/mol. The number of Topliss-reactive ketones (excluding diaryl/α,β-unsaturated/α-hetero) is 1. The molecule has 1 aliphatic carbocycles. The molecule has 2 aliphatic rings. The highest BCUT2D eigenvalue weighted by atomic mass is 16.1. The SMILES string of the molecule is CCC(CC)N1CCCCC1C1CCCCC1=O. The van der Waals surface area contributed by atoms with E-state index < -0.39 is 0 Å². The quantitative estimate of drug-likeness (QED) is 0.757. The van der Waals surface area contributed by atoms with Crippen LogP contribution in [0.1, 0.15) is 71.6 Å². The summed E-state index contributed by atoms with van der Waals surface area (Å²) in [5.74, 6) is 0.920. The van der Waals surface area contributed by atoms with E-state index in [1.54, 1.807) is 0 Å². The lowest BCUT2D eigenvalue weighted by Crippen LogP contribution is -2.51. The van der Waals surface area contributed by atoms with Crippen molar-refractivity contribution in [1.82, 2.24) is 4.90 Å². The first-order valence-electron chi connectivity index (χ1n) is 8.06. The summed E-state index contributed by atoms with van der Waals surface area (Å²) < 4.78 is 0.